The maximum Gasteiger partial charge on any atom is 0.230 e. The summed E-state index contributed by atoms with van der Waals surface area (Å²) in [4.78, 5) is 15.0. The number of ether oxygens (including phenoxy) is 2. The molecule has 4 heterocycles. The number of rotatable bonds is 7. The van der Waals surface area contributed by atoms with Gasteiger partial charge in [0.2, 0.25) is 11.8 Å². The van der Waals surface area contributed by atoms with Crippen molar-refractivity contribution in [1.82, 2.24) is 29.4 Å². The Kier molecular flexibility index (Phi) is 6.35. The van der Waals surface area contributed by atoms with Crippen molar-refractivity contribution in [3.05, 3.63) is 125 Å². The fraction of sp³-hybridized carbons (Fsp3) is 0.156. The van der Waals surface area contributed by atoms with Crippen LogP contribution in [0.3, 0.4) is 0 Å². The van der Waals surface area contributed by atoms with Crippen LogP contribution >= 0.6 is 0 Å². The van der Waals surface area contributed by atoms with Gasteiger partial charge >= 0.3 is 0 Å². The standard InChI is InChI=1S/C32H27N7O3/c1-20-9-13-23(14-10-20)28-27-21(2)36-39(24-7-5-4-6-8-24)32(27)42-31-29(28)30-35-26(37-38(30)19-33-31)18-41-34-17-22-11-15-25(40-3)16-12-22/h4-17,19,28H,18H2,1-3H3. The molecular weight excluding hydrogens is 530 g/mol. The van der Waals surface area contributed by atoms with E-state index in [0.717, 1.165) is 39.4 Å². The first-order valence-electron chi connectivity index (χ1n) is 13.5. The van der Waals surface area contributed by atoms with Crippen LogP contribution in [0.4, 0.5) is 0 Å². The van der Waals surface area contributed by atoms with Gasteiger partial charge in [-0.25, -0.2) is 19.2 Å². The molecule has 7 rings (SSSR count). The van der Waals surface area contributed by atoms with Gasteiger partial charge in [0.05, 0.1) is 41.8 Å². The molecule has 10 heteroatoms. The Morgan fingerprint density at radius 1 is 0.929 bits per heavy atom. The quantitative estimate of drug-likeness (QED) is 0.181. The third kappa shape index (κ3) is 4.52. The van der Waals surface area contributed by atoms with E-state index in [9.17, 15) is 0 Å². The molecule has 0 amide bonds. The van der Waals surface area contributed by atoms with Gasteiger partial charge in [-0.05, 0) is 61.4 Å². The van der Waals surface area contributed by atoms with Crippen molar-refractivity contribution in [3.63, 3.8) is 0 Å². The molecule has 0 fully saturated rings. The van der Waals surface area contributed by atoms with Crippen molar-refractivity contribution < 1.29 is 14.3 Å². The number of hydrogen-bond acceptors (Lipinski definition) is 8. The minimum absolute atomic E-state index is 0.0926. The highest BCUT2D eigenvalue weighted by atomic mass is 16.6. The van der Waals surface area contributed by atoms with E-state index in [1.165, 1.54) is 5.56 Å². The van der Waals surface area contributed by atoms with Crippen molar-refractivity contribution in [2.75, 3.05) is 7.11 Å². The van der Waals surface area contributed by atoms with Gasteiger partial charge in [-0.3, -0.25) is 0 Å². The fourth-order valence-electron chi connectivity index (χ4n) is 5.20. The van der Waals surface area contributed by atoms with Crippen LogP contribution in [-0.4, -0.2) is 42.7 Å². The van der Waals surface area contributed by atoms with Gasteiger partial charge in [-0.15, -0.1) is 5.10 Å². The van der Waals surface area contributed by atoms with Crippen molar-refractivity contribution in [2.24, 2.45) is 5.16 Å². The Morgan fingerprint density at radius 2 is 1.71 bits per heavy atom. The molecule has 0 radical (unpaired) electrons. The van der Waals surface area contributed by atoms with E-state index in [1.54, 1.807) is 24.2 Å². The lowest BCUT2D eigenvalue weighted by Gasteiger charge is -2.26. The Balaban J connectivity index is 1.27. The van der Waals surface area contributed by atoms with Crippen LogP contribution in [-0.2, 0) is 11.4 Å². The molecule has 0 bridgehead atoms. The lowest BCUT2D eigenvalue weighted by molar-refractivity contribution is 0.126. The molecule has 0 saturated carbocycles. The molecule has 10 nitrogen and oxygen atoms in total. The molecule has 1 atom stereocenters. The van der Waals surface area contributed by atoms with Gasteiger partial charge in [0, 0.05) is 0 Å². The summed E-state index contributed by atoms with van der Waals surface area (Å²) in [6.07, 6.45) is 3.24. The zero-order valence-electron chi connectivity index (χ0n) is 23.3. The Labute approximate surface area is 241 Å². The molecular formula is C32H27N7O3. The molecule has 1 aliphatic rings. The minimum Gasteiger partial charge on any atom is -0.497 e. The molecule has 6 aromatic rings. The molecule has 3 aromatic carbocycles. The number of aryl methyl sites for hydroxylation is 2. The fourth-order valence-corrected chi connectivity index (χ4v) is 5.20. The maximum absolute atomic E-state index is 6.49. The second kappa shape index (κ2) is 10.5. The lowest BCUT2D eigenvalue weighted by Crippen LogP contribution is -2.16. The molecule has 1 unspecified atom stereocenters. The zero-order chi connectivity index (χ0) is 28.6. The summed E-state index contributed by atoms with van der Waals surface area (Å²) in [5.74, 6) is 2.15. The second-order valence-corrected chi connectivity index (χ2v) is 10.0. The van der Waals surface area contributed by atoms with Gasteiger partial charge in [0.25, 0.3) is 0 Å². The van der Waals surface area contributed by atoms with Crippen LogP contribution in [0, 0.1) is 13.8 Å². The van der Waals surface area contributed by atoms with Crippen LogP contribution in [0.15, 0.2) is 90.3 Å². The SMILES string of the molecule is COc1ccc(C=NOCc2nc3c4c(ncn3n2)Oc2c(c(C)nn2-c2ccccc2)C4c2ccc(C)cc2)cc1. The first-order valence-corrected chi connectivity index (χ1v) is 13.5. The highest BCUT2D eigenvalue weighted by Crippen LogP contribution is 2.49. The summed E-state index contributed by atoms with van der Waals surface area (Å²) in [5.41, 5.74) is 7.35. The normalized spacial score (nSPS) is 14.0. The molecule has 1 aliphatic heterocycles. The van der Waals surface area contributed by atoms with Crippen LogP contribution in [0.2, 0.25) is 0 Å². The molecule has 0 aliphatic carbocycles. The summed E-state index contributed by atoms with van der Waals surface area (Å²) >= 11 is 0. The third-order valence-corrected chi connectivity index (χ3v) is 7.26. The number of fused-ring (bicyclic) bond motifs is 4. The number of methoxy groups -OCH3 is 1. The predicted octanol–water partition coefficient (Wildman–Crippen LogP) is 5.77. The average molecular weight is 558 g/mol. The largest absolute Gasteiger partial charge is 0.497 e. The zero-order valence-corrected chi connectivity index (χ0v) is 23.3. The Morgan fingerprint density at radius 3 is 2.48 bits per heavy atom. The van der Waals surface area contributed by atoms with Crippen molar-refractivity contribution >= 4 is 11.9 Å². The first-order chi connectivity index (χ1) is 20.6. The van der Waals surface area contributed by atoms with Crippen LogP contribution in [0.1, 0.15) is 45.3 Å². The molecule has 0 N–H and O–H groups in total. The van der Waals surface area contributed by atoms with E-state index in [1.807, 2.05) is 66.2 Å². The molecule has 42 heavy (non-hydrogen) atoms. The van der Waals surface area contributed by atoms with Crippen LogP contribution in [0.5, 0.6) is 17.5 Å². The van der Waals surface area contributed by atoms with Gasteiger partial charge in [-0.1, -0.05) is 53.2 Å². The van der Waals surface area contributed by atoms with Crippen molar-refractivity contribution in [2.45, 2.75) is 26.4 Å². The monoisotopic (exact) mass is 557 g/mol. The van der Waals surface area contributed by atoms with Crippen LogP contribution in [0.25, 0.3) is 11.3 Å². The van der Waals surface area contributed by atoms with E-state index >= 15 is 0 Å². The van der Waals surface area contributed by atoms with E-state index in [-0.39, 0.29) is 12.5 Å². The molecule has 0 spiro atoms. The summed E-state index contributed by atoms with van der Waals surface area (Å²) < 4.78 is 15.2. The average Bonchev–Trinajstić information content (AvgIpc) is 3.60. The Hall–Kier alpha value is -5.51. The van der Waals surface area contributed by atoms with E-state index in [2.05, 4.69) is 46.4 Å². The smallest absolute Gasteiger partial charge is 0.230 e. The first kappa shape index (κ1) is 25.5. The van der Waals surface area contributed by atoms with Crippen LogP contribution < -0.4 is 9.47 Å². The predicted molar refractivity (Wildman–Crippen MR) is 157 cm³/mol. The van der Waals surface area contributed by atoms with Crippen molar-refractivity contribution in [1.29, 1.82) is 0 Å². The number of benzene rings is 3. The number of nitrogens with zero attached hydrogens (tertiary/aromatic N) is 7. The van der Waals surface area contributed by atoms with E-state index in [0.29, 0.717) is 23.2 Å². The summed E-state index contributed by atoms with van der Waals surface area (Å²) in [7, 11) is 1.63. The summed E-state index contributed by atoms with van der Waals surface area (Å²) in [6.45, 7) is 4.17. The molecule has 3 aromatic heterocycles. The lowest BCUT2D eigenvalue weighted by atomic mass is 9.84. The van der Waals surface area contributed by atoms with Crippen molar-refractivity contribution in [3.8, 4) is 23.2 Å². The van der Waals surface area contributed by atoms with E-state index < -0.39 is 0 Å². The topological polar surface area (TPSA) is 101 Å². The number of oxime groups is 1. The Bertz CT molecular complexity index is 1910. The van der Waals surface area contributed by atoms with Gasteiger partial charge < -0.3 is 14.3 Å². The molecule has 0 saturated heterocycles. The number of para-hydroxylation sites is 1. The van der Waals surface area contributed by atoms with E-state index in [4.69, 9.17) is 24.4 Å². The maximum atomic E-state index is 6.49. The number of hydrogen-bond donors (Lipinski definition) is 0. The highest BCUT2D eigenvalue weighted by Gasteiger charge is 2.38. The highest BCUT2D eigenvalue weighted by molar-refractivity contribution is 5.79. The van der Waals surface area contributed by atoms with Gasteiger partial charge in [-0.2, -0.15) is 5.10 Å². The van der Waals surface area contributed by atoms with Gasteiger partial charge in [0.1, 0.15) is 12.1 Å². The summed E-state index contributed by atoms with van der Waals surface area (Å²) in [6, 6.07) is 26.0. The van der Waals surface area contributed by atoms with Gasteiger partial charge in [0.15, 0.2) is 18.1 Å². The summed E-state index contributed by atoms with van der Waals surface area (Å²) in [5, 5.41) is 13.6. The minimum atomic E-state index is -0.218. The molecule has 208 valence electrons. The second-order valence-electron chi connectivity index (χ2n) is 10.0. The third-order valence-electron chi connectivity index (χ3n) is 7.26. The number of aromatic nitrogens is 6.